The van der Waals surface area contributed by atoms with Crippen LogP contribution in [0.1, 0.15) is 35.3 Å². The molecule has 2 amide bonds. The first-order chi connectivity index (χ1) is 24.3. The van der Waals surface area contributed by atoms with Crippen LogP contribution in [0.3, 0.4) is 0 Å². The quantitative estimate of drug-likeness (QED) is 0.167. The van der Waals surface area contributed by atoms with E-state index < -0.39 is 21.7 Å². The van der Waals surface area contributed by atoms with Crippen molar-refractivity contribution in [2.24, 2.45) is 0 Å². The van der Waals surface area contributed by atoms with Crippen LogP contribution in [0.2, 0.25) is 0 Å². The molecular formula is C36H39FN8O5S. The van der Waals surface area contributed by atoms with E-state index in [1.807, 2.05) is 27.1 Å². The van der Waals surface area contributed by atoms with Gasteiger partial charge in [-0.2, -0.15) is 9.97 Å². The van der Waals surface area contributed by atoms with E-state index in [9.17, 15) is 18.0 Å². The van der Waals surface area contributed by atoms with Gasteiger partial charge in [0.2, 0.25) is 11.9 Å². The summed E-state index contributed by atoms with van der Waals surface area (Å²) in [6, 6.07) is 15.5. The Kier molecular flexibility index (Phi) is 9.68. The topological polar surface area (TPSA) is 151 Å². The van der Waals surface area contributed by atoms with Gasteiger partial charge in [-0.05, 0) is 89.3 Å². The highest BCUT2D eigenvalue weighted by Crippen LogP contribution is 2.39. The number of anilines is 5. The number of aryl methyl sites for hydroxylation is 1. The highest BCUT2D eigenvalue weighted by Gasteiger charge is 2.28. The fourth-order valence-corrected chi connectivity index (χ4v) is 7.19. The van der Waals surface area contributed by atoms with Crippen LogP contribution in [0.4, 0.5) is 33.2 Å². The number of nitrogens with zero attached hydrogens (tertiary/aromatic N) is 5. The number of nitrogens with one attached hydrogen (secondary N) is 3. The van der Waals surface area contributed by atoms with Crippen molar-refractivity contribution >= 4 is 61.7 Å². The zero-order chi connectivity index (χ0) is 36.6. The Morgan fingerprint density at radius 1 is 1.02 bits per heavy atom. The van der Waals surface area contributed by atoms with E-state index in [1.165, 1.54) is 49.7 Å². The third kappa shape index (κ3) is 7.07. The summed E-state index contributed by atoms with van der Waals surface area (Å²) in [4.78, 5) is 39.1. The van der Waals surface area contributed by atoms with Crippen molar-refractivity contribution in [1.29, 1.82) is 0 Å². The normalized spacial score (nSPS) is 12.8. The minimum atomic E-state index is -4.13. The van der Waals surface area contributed by atoms with E-state index in [2.05, 4.69) is 25.9 Å². The van der Waals surface area contributed by atoms with Crippen molar-refractivity contribution in [3.05, 3.63) is 89.4 Å². The zero-order valence-electron chi connectivity index (χ0n) is 29.1. The minimum Gasteiger partial charge on any atom is -0.495 e. The summed E-state index contributed by atoms with van der Waals surface area (Å²) in [5.41, 5.74) is 2.84. The van der Waals surface area contributed by atoms with Gasteiger partial charge in [0, 0.05) is 24.5 Å². The van der Waals surface area contributed by atoms with Crippen molar-refractivity contribution in [2.45, 2.75) is 38.1 Å². The third-order valence-corrected chi connectivity index (χ3v) is 9.98. The molecule has 51 heavy (non-hydrogen) atoms. The van der Waals surface area contributed by atoms with E-state index >= 15 is 4.39 Å². The molecule has 15 heteroatoms. The fourth-order valence-electron chi connectivity index (χ4n) is 5.90. The van der Waals surface area contributed by atoms with Gasteiger partial charge in [-0.15, -0.1) is 0 Å². The summed E-state index contributed by atoms with van der Waals surface area (Å²) in [5.74, 6) is -0.925. The van der Waals surface area contributed by atoms with E-state index in [4.69, 9.17) is 4.74 Å². The van der Waals surface area contributed by atoms with Crippen LogP contribution in [-0.4, -0.2) is 79.4 Å². The van der Waals surface area contributed by atoms with Gasteiger partial charge in [-0.1, -0.05) is 23.8 Å². The maximum Gasteiger partial charge on any atom is 0.269 e. The smallest absolute Gasteiger partial charge is 0.269 e. The number of carbonyl (C=O) groups excluding carboxylic acids is 2. The summed E-state index contributed by atoms with van der Waals surface area (Å²) >= 11 is 0. The number of carbonyl (C=O) groups is 2. The number of fused-ring (bicyclic) bond motifs is 2. The number of rotatable bonds is 11. The van der Waals surface area contributed by atoms with E-state index in [0.717, 1.165) is 15.1 Å². The molecule has 0 spiro atoms. The Balaban J connectivity index is 1.50. The number of aromatic nitrogens is 3. The standard InChI is InChI=1S/C36H39FN8O5S/c1-21(2)38-35(47)32-26(37)8-7-9-27(32)39-33-25-15-17-45(51(48,49)24-12-10-22(3)11-13-24)34(25)42-36(41-33)40-28-19-29-23(18-30(28)50-6)14-16-44(29)31(46)20-43(4)5/h7-13,15,17-19,21H,14,16,20H2,1-6H3,(H,38,47)(H2,39,40,41,42). The molecule has 2 aromatic heterocycles. The first-order valence-electron chi connectivity index (χ1n) is 16.3. The molecule has 0 radical (unpaired) electrons. The molecule has 1 aliphatic rings. The van der Waals surface area contributed by atoms with Crippen molar-refractivity contribution in [2.75, 3.05) is 49.8 Å². The van der Waals surface area contributed by atoms with Gasteiger partial charge in [-0.25, -0.2) is 16.8 Å². The Hall–Kier alpha value is -5.54. The third-order valence-electron chi connectivity index (χ3n) is 8.30. The molecule has 0 aliphatic carbocycles. The molecule has 0 unspecified atom stereocenters. The Labute approximate surface area is 295 Å². The summed E-state index contributed by atoms with van der Waals surface area (Å²) in [6.45, 7) is 6.12. The van der Waals surface area contributed by atoms with Gasteiger partial charge in [0.25, 0.3) is 15.9 Å². The molecule has 3 heterocycles. The molecule has 3 N–H and O–H groups in total. The number of ether oxygens (including phenoxy) is 1. The van der Waals surface area contributed by atoms with Crippen molar-refractivity contribution in [3.63, 3.8) is 0 Å². The molecule has 3 aromatic carbocycles. The second-order valence-corrected chi connectivity index (χ2v) is 14.6. The first kappa shape index (κ1) is 35.3. The van der Waals surface area contributed by atoms with E-state index in [1.54, 1.807) is 41.8 Å². The van der Waals surface area contributed by atoms with Gasteiger partial charge < -0.3 is 30.5 Å². The monoisotopic (exact) mass is 714 g/mol. The average molecular weight is 715 g/mol. The number of methoxy groups -OCH3 is 1. The second-order valence-electron chi connectivity index (χ2n) is 12.8. The molecule has 0 bridgehead atoms. The number of likely N-dealkylation sites (N-methyl/N-ethyl adjacent to an activating group) is 1. The molecule has 1 aliphatic heterocycles. The van der Waals surface area contributed by atoms with Crippen LogP contribution in [0.5, 0.6) is 5.75 Å². The molecule has 266 valence electrons. The maximum atomic E-state index is 15.2. The lowest BCUT2D eigenvalue weighted by Crippen LogP contribution is -2.36. The predicted octanol–water partition coefficient (Wildman–Crippen LogP) is 5.20. The van der Waals surface area contributed by atoms with E-state index in [0.29, 0.717) is 30.1 Å². The number of halogens is 1. The molecule has 6 rings (SSSR count). The van der Waals surface area contributed by atoms with Crippen LogP contribution in [0, 0.1) is 12.7 Å². The highest BCUT2D eigenvalue weighted by atomic mass is 32.2. The van der Waals surface area contributed by atoms with Gasteiger partial charge in [-0.3, -0.25) is 9.59 Å². The zero-order valence-corrected chi connectivity index (χ0v) is 29.9. The fraction of sp³-hybridized carbons (Fsp3) is 0.278. The SMILES string of the molecule is COc1cc2c(cc1Nc1nc(Nc3cccc(F)c3C(=O)NC(C)C)c3ccn(S(=O)(=O)c4ccc(C)cc4)c3n1)N(C(=O)CN(C)C)CC2. The Morgan fingerprint density at radius 2 is 1.76 bits per heavy atom. The van der Waals surface area contributed by atoms with Gasteiger partial charge in [0.1, 0.15) is 17.4 Å². The molecule has 0 saturated heterocycles. The first-order valence-corrected chi connectivity index (χ1v) is 17.7. The Morgan fingerprint density at radius 3 is 2.45 bits per heavy atom. The van der Waals surface area contributed by atoms with Crippen molar-refractivity contribution in [3.8, 4) is 5.75 Å². The lowest BCUT2D eigenvalue weighted by molar-refractivity contribution is -0.119. The molecule has 0 saturated carbocycles. The summed E-state index contributed by atoms with van der Waals surface area (Å²) < 4.78 is 49.8. The predicted molar refractivity (Wildman–Crippen MR) is 194 cm³/mol. The average Bonchev–Trinajstić information content (AvgIpc) is 3.69. The number of hydrogen-bond acceptors (Lipinski definition) is 10. The highest BCUT2D eigenvalue weighted by molar-refractivity contribution is 7.90. The minimum absolute atomic E-state index is 0.0167. The summed E-state index contributed by atoms with van der Waals surface area (Å²) in [7, 11) is 1.03. The maximum absolute atomic E-state index is 15.2. The van der Waals surface area contributed by atoms with Gasteiger partial charge in [0.05, 0.1) is 40.9 Å². The van der Waals surface area contributed by atoms with Crippen LogP contribution >= 0.6 is 0 Å². The van der Waals surface area contributed by atoms with Crippen LogP contribution < -0.4 is 25.6 Å². The van der Waals surface area contributed by atoms with Crippen LogP contribution in [0.15, 0.2) is 71.8 Å². The summed E-state index contributed by atoms with van der Waals surface area (Å²) in [5, 5.41) is 9.24. The van der Waals surface area contributed by atoms with Crippen LogP contribution in [-0.2, 0) is 21.2 Å². The van der Waals surface area contributed by atoms with Crippen molar-refractivity contribution in [1.82, 2.24) is 24.2 Å². The molecule has 0 atom stereocenters. The molecule has 0 fully saturated rings. The van der Waals surface area contributed by atoms with Gasteiger partial charge in [0.15, 0.2) is 5.65 Å². The molecule has 5 aromatic rings. The van der Waals surface area contributed by atoms with Gasteiger partial charge >= 0.3 is 0 Å². The largest absolute Gasteiger partial charge is 0.495 e. The lowest BCUT2D eigenvalue weighted by Gasteiger charge is -2.21. The number of amides is 2. The van der Waals surface area contributed by atoms with Crippen LogP contribution in [0.25, 0.3) is 11.0 Å². The summed E-state index contributed by atoms with van der Waals surface area (Å²) in [6.07, 6.45) is 2.01. The van der Waals surface area contributed by atoms with E-state index in [-0.39, 0.29) is 57.4 Å². The van der Waals surface area contributed by atoms with Crippen molar-refractivity contribution < 1.29 is 27.1 Å². The molecular weight excluding hydrogens is 676 g/mol. The Bertz CT molecular complexity index is 2250. The number of hydrogen-bond donors (Lipinski definition) is 3. The lowest BCUT2D eigenvalue weighted by atomic mass is 10.1. The molecule has 13 nitrogen and oxygen atoms in total. The number of benzene rings is 3. The second kappa shape index (κ2) is 14.0.